The van der Waals surface area contributed by atoms with E-state index in [4.69, 9.17) is 0 Å². The second kappa shape index (κ2) is 10.1. The Hall–Kier alpha value is -3.71. The van der Waals surface area contributed by atoms with Crippen LogP contribution in [0.15, 0.2) is 84.3 Å². The molecule has 0 unspecified atom stereocenters. The van der Waals surface area contributed by atoms with Crippen LogP contribution in [0.1, 0.15) is 40.7 Å². The summed E-state index contributed by atoms with van der Waals surface area (Å²) in [7, 11) is -4.12. The number of aryl methyl sites for hydroxylation is 3. The zero-order valence-electron chi connectivity index (χ0n) is 22.7. The number of piperidine rings is 1. The highest BCUT2D eigenvalue weighted by Gasteiger charge is 2.63. The molecule has 0 radical (unpaired) electrons. The summed E-state index contributed by atoms with van der Waals surface area (Å²) in [6.45, 7) is 11.1. The molecule has 0 saturated carbocycles. The maximum atomic E-state index is 14.3. The Morgan fingerprint density at radius 1 is 0.872 bits per heavy atom. The zero-order chi connectivity index (χ0) is 27.9. The van der Waals surface area contributed by atoms with Crippen molar-refractivity contribution in [2.24, 2.45) is 11.3 Å². The van der Waals surface area contributed by atoms with Crippen LogP contribution in [0.4, 0.5) is 0 Å². The minimum absolute atomic E-state index is 0.0451. The van der Waals surface area contributed by atoms with Crippen molar-refractivity contribution >= 4 is 27.4 Å². The summed E-state index contributed by atoms with van der Waals surface area (Å²) in [6, 6.07) is 22.2. The first kappa shape index (κ1) is 26.9. The quantitative estimate of drug-likeness (QED) is 0.397. The molecule has 3 aromatic rings. The lowest BCUT2D eigenvalue weighted by Gasteiger charge is -2.44. The van der Waals surface area contributed by atoms with Gasteiger partial charge in [0.05, 0.1) is 4.90 Å². The molecule has 5 rings (SSSR count). The van der Waals surface area contributed by atoms with Gasteiger partial charge in [-0.25, -0.2) is 12.7 Å². The van der Waals surface area contributed by atoms with Gasteiger partial charge in [-0.2, -0.15) is 0 Å². The first-order chi connectivity index (χ1) is 18.5. The van der Waals surface area contributed by atoms with Crippen LogP contribution in [0.3, 0.4) is 0 Å². The Labute approximate surface area is 231 Å². The molecule has 2 aliphatic rings. The summed E-state index contributed by atoms with van der Waals surface area (Å²) in [6.07, 6.45) is 0.643. The molecule has 2 amide bonds. The normalized spacial score (nSPS) is 21.6. The molecule has 3 aromatic carbocycles. The first-order valence-corrected chi connectivity index (χ1v) is 14.7. The van der Waals surface area contributed by atoms with Gasteiger partial charge in [0.15, 0.2) is 0 Å². The molecule has 2 aliphatic heterocycles. The van der Waals surface area contributed by atoms with Crippen molar-refractivity contribution < 1.29 is 18.0 Å². The molecule has 2 heterocycles. The number of allylic oxidation sites excluding steroid dienone is 1. The van der Waals surface area contributed by atoms with Gasteiger partial charge < -0.3 is 4.90 Å². The first-order valence-electron chi connectivity index (χ1n) is 13.3. The fraction of sp³-hybridized carbons (Fsp3) is 0.312. The summed E-state index contributed by atoms with van der Waals surface area (Å²) >= 11 is 0. The van der Waals surface area contributed by atoms with E-state index in [9.17, 15) is 18.0 Å². The number of nitrogens with zero attached hydrogens (tertiary/aromatic N) is 2. The number of amides is 2. The molecule has 0 bridgehead atoms. The van der Waals surface area contributed by atoms with Crippen molar-refractivity contribution in [1.82, 2.24) is 9.21 Å². The van der Waals surface area contributed by atoms with E-state index in [0.29, 0.717) is 25.1 Å². The maximum Gasteiger partial charge on any atom is 0.266 e. The van der Waals surface area contributed by atoms with E-state index in [1.54, 1.807) is 17.0 Å². The van der Waals surface area contributed by atoms with E-state index >= 15 is 0 Å². The minimum atomic E-state index is -4.12. The van der Waals surface area contributed by atoms with Crippen LogP contribution in [-0.2, 0) is 26.2 Å². The highest BCUT2D eigenvalue weighted by Crippen LogP contribution is 2.51. The summed E-state index contributed by atoms with van der Waals surface area (Å²) in [4.78, 5) is 30.4. The molecule has 0 aromatic heterocycles. The van der Waals surface area contributed by atoms with Crippen LogP contribution in [0.2, 0.25) is 0 Å². The molecule has 2 fully saturated rings. The summed E-state index contributed by atoms with van der Waals surface area (Å²) in [5, 5.41) is 0. The average Bonchev–Trinajstić information content (AvgIpc) is 3.25. The minimum Gasteiger partial charge on any atom is -0.337 e. The SMILES string of the molecule is C=C(c1cc(C)cc(C)c1)[C@@H]1CCN(Cc2ccccc2)C(=O)[C@]12CCN(S(=O)(=O)c1ccc(C)cc1)C2=O. The fourth-order valence-corrected chi connectivity index (χ4v) is 7.60. The number of hydrogen-bond donors (Lipinski definition) is 0. The molecular formula is C32H34N2O4S. The summed E-state index contributed by atoms with van der Waals surface area (Å²) < 4.78 is 28.2. The van der Waals surface area contributed by atoms with Crippen LogP contribution >= 0.6 is 0 Å². The Morgan fingerprint density at radius 2 is 1.51 bits per heavy atom. The van der Waals surface area contributed by atoms with Crippen molar-refractivity contribution in [3.8, 4) is 0 Å². The van der Waals surface area contributed by atoms with Crippen molar-refractivity contribution in [2.45, 2.75) is 45.1 Å². The van der Waals surface area contributed by atoms with E-state index in [2.05, 4.69) is 12.6 Å². The second-order valence-corrected chi connectivity index (χ2v) is 12.7. The van der Waals surface area contributed by atoms with Gasteiger partial charge in [0, 0.05) is 25.6 Å². The van der Waals surface area contributed by atoms with E-state index in [1.165, 1.54) is 12.1 Å². The van der Waals surface area contributed by atoms with Gasteiger partial charge in [0.1, 0.15) is 5.41 Å². The van der Waals surface area contributed by atoms with E-state index < -0.39 is 27.3 Å². The Balaban J connectivity index is 1.56. The number of hydrogen-bond acceptors (Lipinski definition) is 4. The predicted octanol–water partition coefficient (Wildman–Crippen LogP) is 5.28. The maximum absolute atomic E-state index is 14.3. The number of sulfonamides is 1. The number of likely N-dealkylation sites (tertiary alicyclic amines) is 1. The lowest BCUT2D eigenvalue weighted by Crippen LogP contribution is -2.57. The number of benzene rings is 3. The third-order valence-electron chi connectivity index (χ3n) is 8.11. The van der Waals surface area contributed by atoms with Crippen molar-refractivity contribution in [3.05, 3.63) is 107 Å². The van der Waals surface area contributed by atoms with Crippen molar-refractivity contribution in [1.29, 1.82) is 0 Å². The largest absolute Gasteiger partial charge is 0.337 e. The van der Waals surface area contributed by atoms with Crippen LogP contribution in [0, 0.1) is 32.1 Å². The van der Waals surface area contributed by atoms with Crippen LogP contribution in [0.5, 0.6) is 0 Å². The molecular weight excluding hydrogens is 508 g/mol. The molecule has 2 atom stereocenters. The van der Waals surface area contributed by atoms with Gasteiger partial charge in [-0.3, -0.25) is 9.59 Å². The highest BCUT2D eigenvalue weighted by molar-refractivity contribution is 7.89. The van der Waals surface area contributed by atoms with Crippen molar-refractivity contribution in [3.63, 3.8) is 0 Å². The number of carbonyl (C=O) groups excluding carboxylic acids is 2. The van der Waals surface area contributed by atoms with Gasteiger partial charge in [-0.05, 0) is 62.4 Å². The zero-order valence-corrected chi connectivity index (χ0v) is 23.5. The third-order valence-corrected chi connectivity index (χ3v) is 9.90. The van der Waals surface area contributed by atoms with Crippen molar-refractivity contribution in [2.75, 3.05) is 13.1 Å². The monoisotopic (exact) mass is 542 g/mol. The molecule has 7 heteroatoms. The highest BCUT2D eigenvalue weighted by atomic mass is 32.2. The molecule has 0 N–H and O–H groups in total. The molecule has 1 spiro atoms. The lowest BCUT2D eigenvalue weighted by atomic mass is 9.65. The van der Waals surface area contributed by atoms with Crippen LogP contribution < -0.4 is 0 Å². The van der Waals surface area contributed by atoms with Gasteiger partial charge in [0.25, 0.3) is 15.9 Å². The predicted molar refractivity (Wildman–Crippen MR) is 152 cm³/mol. The molecule has 39 heavy (non-hydrogen) atoms. The Bertz CT molecular complexity index is 1530. The summed E-state index contributed by atoms with van der Waals surface area (Å²) in [5.74, 6) is -1.48. The van der Waals surface area contributed by atoms with E-state index in [-0.39, 0.29) is 23.8 Å². The van der Waals surface area contributed by atoms with Gasteiger partial charge in [0.2, 0.25) is 5.91 Å². The fourth-order valence-electron chi connectivity index (χ4n) is 6.15. The van der Waals surface area contributed by atoms with Crippen LogP contribution in [-0.4, -0.2) is 42.5 Å². The average molecular weight is 543 g/mol. The van der Waals surface area contributed by atoms with Gasteiger partial charge >= 0.3 is 0 Å². The molecule has 202 valence electrons. The van der Waals surface area contributed by atoms with Gasteiger partial charge in [-0.15, -0.1) is 0 Å². The second-order valence-electron chi connectivity index (χ2n) is 10.9. The van der Waals surface area contributed by atoms with E-state index in [1.807, 2.05) is 63.2 Å². The standard InChI is InChI=1S/C32H34N2O4S/c1-22-10-12-28(13-11-22)39(37,38)34-17-15-32(31(34)36)29(25(4)27-19-23(2)18-24(3)20-27)14-16-33(30(32)35)21-26-8-6-5-7-9-26/h5-13,18-20,29H,4,14-17,21H2,1-3H3/t29-,32-/m0/s1. The Kier molecular flexibility index (Phi) is 6.97. The lowest BCUT2D eigenvalue weighted by molar-refractivity contribution is -0.157. The molecule has 6 nitrogen and oxygen atoms in total. The third kappa shape index (κ3) is 4.69. The summed E-state index contributed by atoms with van der Waals surface area (Å²) in [5.41, 5.74) is 4.07. The van der Waals surface area contributed by atoms with Crippen LogP contribution in [0.25, 0.3) is 5.57 Å². The topological polar surface area (TPSA) is 74.8 Å². The smallest absolute Gasteiger partial charge is 0.266 e. The van der Waals surface area contributed by atoms with E-state index in [0.717, 1.165) is 32.1 Å². The number of carbonyl (C=O) groups is 2. The molecule has 0 aliphatic carbocycles. The number of rotatable bonds is 6. The Morgan fingerprint density at radius 3 is 2.15 bits per heavy atom. The van der Waals surface area contributed by atoms with Gasteiger partial charge in [-0.1, -0.05) is 83.9 Å². The molecule has 2 saturated heterocycles.